The van der Waals surface area contributed by atoms with Crippen LogP contribution in [-0.4, -0.2) is 40.5 Å². The number of fused-ring (bicyclic) bond motifs is 5. The molecule has 1 aliphatic heterocycles. The van der Waals surface area contributed by atoms with Crippen LogP contribution in [0, 0.1) is 33.8 Å². The summed E-state index contributed by atoms with van der Waals surface area (Å²) in [5, 5.41) is 19.5. The molecule has 3 amide bonds. The van der Waals surface area contributed by atoms with Gasteiger partial charge in [-0.15, -0.1) is 0 Å². The molecule has 1 saturated heterocycles. The molecule has 2 fully saturated rings. The molecule has 12 heteroatoms. The second-order valence-electron chi connectivity index (χ2n) is 8.68. The van der Waals surface area contributed by atoms with Crippen LogP contribution in [0.25, 0.3) is 0 Å². The summed E-state index contributed by atoms with van der Waals surface area (Å²) in [6.45, 7) is -0.535. The maximum atomic E-state index is 12.8. The first kappa shape index (κ1) is 24.0. The number of nitro benzene ring substituents is 1. The van der Waals surface area contributed by atoms with E-state index in [1.165, 1.54) is 12.3 Å². The van der Waals surface area contributed by atoms with E-state index < -0.39 is 35.0 Å². The lowest BCUT2D eigenvalue weighted by molar-refractivity contribution is -0.385. The first-order chi connectivity index (χ1) is 17.2. The van der Waals surface area contributed by atoms with Crippen LogP contribution in [0.15, 0.2) is 53.7 Å². The highest BCUT2D eigenvalue weighted by Crippen LogP contribution is 2.52. The Morgan fingerprint density at radius 2 is 1.78 bits per heavy atom. The third-order valence-corrected chi connectivity index (χ3v) is 7.02. The van der Waals surface area contributed by atoms with Crippen LogP contribution in [-0.2, 0) is 14.4 Å². The molecular weight excluding hydrogens is 511 g/mol. The van der Waals surface area contributed by atoms with Crippen molar-refractivity contribution in [2.45, 2.75) is 6.42 Å². The fourth-order valence-corrected chi connectivity index (χ4v) is 5.35. The summed E-state index contributed by atoms with van der Waals surface area (Å²) in [4.78, 5) is 48.7. The van der Waals surface area contributed by atoms with Gasteiger partial charge in [-0.3, -0.25) is 24.5 Å². The van der Waals surface area contributed by atoms with Gasteiger partial charge in [0, 0.05) is 22.3 Å². The second-order valence-corrected chi connectivity index (χ2v) is 9.53. The lowest BCUT2D eigenvalue weighted by Crippen LogP contribution is -2.28. The smallest absolute Gasteiger partial charge is 0.313 e. The van der Waals surface area contributed by atoms with E-state index >= 15 is 0 Å². The second kappa shape index (κ2) is 9.36. The van der Waals surface area contributed by atoms with Gasteiger partial charge in [-0.05, 0) is 48.6 Å². The average Bonchev–Trinajstić information content (AvgIpc) is 3.52. The van der Waals surface area contributed by atoms with Crippen molar-refractivity contribution in [1.29, 1.82) is 0 Å². The third-order valence-electron chi connectivity index (χ3n) is 6.49. The molecule has 1 N–H and O–H groups in total. The van der Waals surface area contributed by atoms with Crippen LogP contribution < -0.4 is 10.1 Å². The van der Waals surface area contributed by atoms with Gasteiger partial charge >= 0.3 is 5.69 Å². The number of carbonyl (C=O) groups excluding carboxylic acids is 3. The molecule has 2 aliphatic carbocycles. The zero-order valence-electron chi connectivity index (χ0n) is 18.5. The van der Waals surface area contributed by atoms with Crippen LogP contribution in [0.4, 0.5) is 11.4 Å². The van der Waals surface area contributed by atoms with Crippen molar-refractivity contribution in [2.24, 2.45) is 28.8 Å². The Balaban J connectivity index is 1.29. The van der Waals surface area contributed by atoms with Gasteiger partial charge in [0.05, 0.1) is 28.0 Å². The Labute approximate surface area is 214 Å². The van der Waals surface area contributed by atoms with Crippen molar-refractivity contribution in [2.75, 3.05) is 11.9 Å². The summed E-state index contributed by atoms with van der Waals surface area (Å²) < 4.78 is 5.35. The number of nitro groups is 1. The zero-order valence-corrected chi connectivity index (χ0v) is 20.0. The maximum Gasteiger partial charge on any atom is 0.313 e. The molecule has 5 rings (SSSR count). The number of hydrogen-bond donors (Lipinski definition) is 1. The van der Waals surface area contributed by atoms with Crippen molar-refractivity contribution < 1.29 is 24.0 Å². The molecule has 36 heavy (non-hydrogen) atoms. The first-order valence-electron chi connectivity index (χ1n) is 11.0. The van der Waals surface area contributed by atoms with Crippen LogP contribution >= 0.6 is 23.2 Å². The van der Waals surface area contributed by atoms with Crippen molar-refractivity contribution in [1.82, 2.24) is 5.01 Å². The molecule has 3 aliphatic rings. The molecule has 2 aromatic carbocycles. The molecule has 2 aromatic rings. The lowest BCUT2D eigenvalue weighted by atomic mass is 9.85. The summed E-state index contributed by atoms with van der Waals surface area (Å²) >= 11 is 12.0. The van der Waals surface area contributed by atoms with Crippen LogP contribution in [0.3, 0.4) is 0 Å². The number of imide groups is 1. The number of rotatable bonds is 7. The summed E-state index contributed by atoms with van der Waals surface area (Å²) in [5.41, 5.74) is 0.156. The van der Waals surface area contributed by atoms with Gasteiger partial charge in [-0.1, -0.05) is 35.4 Å². The summed E-state index contributed by atoms with van der Waals surface area (Å²) in [6.07, 6.45) is 5.91. The predicted molar refractivity (Wildman–Crippen MR) is 131 cm³/mol. The average molecular weight is 529 g/mol. The highest BCUT2D eigenvalue weighted by Gasteiger charge is 2.59. The number of ether oxygens (including phenoxy) is 1. The van der Waals surface area contributed by atoms with E-state index in [4.69, 9.17) is 27.9 Å². The van der Waals surface area contributed by atoms with Crippen LogP contribution in [0.2, 0.25) is 10.0 Å². The van der Waals surface area contributed by atoms with Crippen molar-refractivity contribution in [3.05, 3.63) is 74.3 Å². The van der Waals surface area contributed by atoms with Gasteiger partial charge < -0.3 is 10.1 Å². The first-order valence-corrected chi connectivity index (χ1v) is 11.7. The number of hydrazone groups is 1. The molecule has 0 unspecified atom stereocenters. The summed E-state index contributed by atoms with van der Waals surface area (Å²) in [5.74, 6) is -2.32. The molecular formula is C24H18Cl2N4O6. The summed E-state index contributed by atoms with van der Waals surface area (Å²) in [6, 6.07) is 8.84. The number of amides is 3. The topological polar surface area (TPSA) is 131 Å². The number of anilines is 1. The predicted octanol–water partition coefficient (Wildman–Crippen LogP) is 4.06. The quantitative estimate of drug-likeness (QED) is 0.189. The lowest BCUT2D eigenvalue weighted by Gasteiger charge is -2.13. The number of nitrogens with one attached hydrogen (secondary N) is 1. The number of hydrogen-bond acceptors (Lipinski definition) is 7. The minimum absolute atomic E-state index is 0.0421. The van der Waals surface area contributed by atoms with Crippen molar-refractivity contribution in [3.63, 3.8) is 0 Å². The van der Waals surface area contributed by atoms with E-state index in [1.54, 1.807) is 24.3 Å². The molecule has 10 nitrogen and oxygen atoms in total. The number of nitrogens with zero attached hydrogens (tertiary/aromatic N) is 3. The van der Waals surface area contributed by atoms with Crippen molar-refractivity contribution >= 4 is 58.5 Å². The number of benzene rings is 2. The SMILES string of the molecule is O=C(COc1c(Cl)cc(C=NN2C(=O)[C@@H]3[C@H](C2=O)[C@H]2C=C[C@H]3C2)cc1[N+](=O)[O-])Nc1ccc(Cl)cc1. The van der Waals surface area contributed by atoms with Crippen molar-refractivity contribution in [3.8, 4) is 5.75 Å². The highest BCUT2D eigenvalue weighted by molar-refractivity contribution is 6.32. The van der Waals surface area contributed by atoms with Gasteiger partial charge in [0.15, 0.2) is 6.61 Å². The third kappa shape index (κ3) is 4.33. The summed E-state index contributed by atoms with van der Waals surface area (Å²) in [7, 11) is 0. The molecule has 4 atom stereocenters. The highest BCUT2D eigenvalue weighted by atomic mass is 35.5. The fourth-order valence-electron chi connectivity index (χ4n) is 4.95. The van der Waals surface area contributed by atoms with Gasteiger partial charge in [-0.2, -0.15) is 10.1 Å². The molecule has 1 saturated carbocycles. The molecule has 1 heterocycles. The molecule has 0 aromatic heterocycles. The van der Waals surface area contributed by atoms with Gasteiger partial charge in [-0.25, -0.2) is 0 Å². The Morgan fingerprint density at radius 1 is 1.14 bits per heavy atom. The standard InChI is InChI=1S/C24H18Cl2N4O6/c25-15-3-5-16(6-4-15)28-19(31)11-36-22-17(26)7-12(8-18(22)30(34)35)10-27-29-23(32)20-13-1-2-14(9-13)21(20)24(29)33/h1-8,10,13-14,20-21H,9,11H2,(H,28,31)/t13-,14-,20-,21+/m0/s1. The molecule has 0 spiro atoms. The minimum Gasteiger partial charge on any atom is -0.476 e. The van der Waals surface area contributed by atoms with Crippen LogP contribution in [0.5, 0.6) is 5.75 Å². The monoisotopic (exact) mass is 528 g/mol. The van der Waals surface area contributed by atoms with E-state index in [-0.39, 0.29) is 40.0 Å². The minimum atomic E-state index is -0.713. The normalized spacial score (nSPS) is 24.0. The molecule has 184 valence electrons. The molecule has 0 radical (unpaired) electrons. The molecule has 2 bridgehead atoms. The van der Waals surface area contributed by atoms with E-state index in [0.717, 1.165) is 17.5 Å². The van der Waals surface area contributed by atoms with Crippen LogP contribution in [0.1, 0.15) is 12.0 Å². The fraction of sp³-hybridized carbons (Fsp3) is 0.250. The van der Waals surface area contributed by atoms with E-state index in [2.05, 4.69) is 10.4 Å². The Bertz CT molecular complexity index is 1310. The maximum absolute atomic E-state index is 12.8. The van der Waals surface area contributed by atoms with Gasteiger partial charge in [0.2, 0.25) is 5.75 Å². The van der Waals surface area contributed by atoms with Gasteiger partial charge in [0.25, 0.3) is 17.7 Å². The number of carbonyl (C=O) groups is 3. The number of allylic oxidation sites excluding steroid dienone is 2. The largest absolute Gasteiger partial charge is 0.476 e. The van der Waals surface area contributed by atoms with E-state index in [1.807, 2.05) is 12.2 Å². The zero-order chi connectivity index (χ0) is 25.6. The number of halogens is 2. The Morgan fingerprint density at radius 3 is 2.39 bits per heavy atom. The van der Waals surface area contributed by atoms with E-state index in [9.17, 15) is 24.5 Å². The Kier molecular flexibility index (Phi) is 6.23. The Hall–Kier alpha value is -3.76. The van der Waals surface area contributed by atoms with Gasteiger partial charge in [0.1, 0.15) is 0 Å². The van der Waals surface area contributed by atoms with E-state index in [0.29, 0.717) is 10.7 Å².